The van der Waals surface area contributed by atoms with Crippen molar-refractivity contribution in [1.29, 1.82) is 0 Å². The number of rotatable bonds is 6. The van der Waals surface area contributed by atoms with E-state index in [0.717, 1.165) is 32.1 Å². The largest absolute Gasteiger partial charge is 0.393 e. The second-order valence-electron chi connectivity index (χ2n) is 3.19. The van der Waals surface area contributed by atoms with Gasteiger partial charge in [-0.3, -0.25) is 0 Å². The molecule has 0 aliphatic carbocycles. The maximum Gasteiger partial charge on any atom is 0.0538 e. The summed E-state index contributed by atoms with van der Waals surface area (Å²) in [5, 5.41) is 9.22. The summed E-state index contributed by atoms with van der Waals surface area (Å²) in [6, 6.07) is 0.293. The van der Waals surface area contributed by atoms with E-state index in [1.807, 2.05) is 6.92 Å². The lowest BCUT2D eigenvalue weighted by Crippen LogP contribution is -2.21. The molecule has 0 bridgehead atoms. The van der Waals surface area contributed by atoms with Gasteiger partial charge in [0.15, 0.2) is 0 Å². The van der Waals surface area contributed by atoms with Gasteiger partial charge in [0.1, 0.15) is 0 Å². The Morgan fingerprint density at radius 1 is 1.18 bits per heavy atom. The first kappa shape index (κ1) is 10.9. The Bertz CT molecular complexity index is 85.6. The molecule has 2 heteroatoms. The minimum absolute atomic E-state index is 0.141. The molecule has 3 N–H and O–H groups in total. The van der Waals surface area contributed by atoms with E-state index in [1.54, 1.807) is 0 Å². The lowest BCUT2D eigenvalue weighted by Gasteiger charge is -2.12. The molecule has 0 radical (unpaired) electrons. The molecular formula is C9H21NO. The standard InChI is InChI=1S/C9H21NO/c1-3-5-8(10)6-7-9(11)4-2/h8-9,11H,3-7,10H2,1-2H3. The van der Waals surface area contributed by atoms with Crippen molar-refractivity contribution >= 4 is 0 Å². The van der Waals surface area contributed by atoms with Gasteiger partial charge in [-0.25, -0.2) is 0 Å². The van der Waals surface area contributed by atoms with Crippen molar-refractivity contribution in [2.75, 3.05) is 0 Å². The van der Waals surface area contributed by atoms with Gasteiger partial charge in [-0.15, -0.1) is 0 Å². The van der Waals surface area contributed by atoms with Crippen LogP contribution in [0.4, 0.5) is 0 Å². The van der Waals surface area contributed by atoms with E-state index in [-0.39, 0.29) is 6.10 Å². The van der Waals surface area contributed by atoms with Crippen LogP contribution >= 0.6 is 0 Å². The maximum atomic E-state index is 9.22. The minimum Gasteiger partial charge on any atom is -0.393 e. The molecule has 68 valence electrons. The highest BCUT2D eigenvalue weighted by atomic mass is 16.3. The average molecular weight is 159 g/mol. The summed E-state index contributed by atoms with van der Waals surface area (Å²) in [4.78, 5) is 0. The van der Waals surface area contributed by atoms with Crippen LogP contribution < -0.4 is 5.73 Å². The lowest BCUT2D eigenvalue weighted by molar-refractivity contribution is 0.154. The van der Waals surface area contributed by atoms with Crippen molar-refractivity contribution < 1.29 is 5.11 Å². The molecular weight excluding hydrogens is 138 g/mol. The Morgan fingerprint density at radius 3 is 2.27 bits per heavy atom. The van der Waals surface area contributed by atoms with E-state index in [1.165, 1.54) is 0 Å². The Kier molecular flexibility index (Phi) is 6.57. The number of nitrogens with two attached hydrogens (primary N) is 1. The summed E-state index contributed by atoms with van der Waals surface area (Å²) in [5.41, 5.74) is 5.78. The van der Waals surface area contributed by atoms with Crippen LogP contribution in [0.15, 0.2) is 0 Å². The molecule has 2 unspecified atom stereocenters. The number of hydrogen-bond donors (Lipinski definition) is 2. The smallest absolute Gasteiger partial charge is 0.0538 e. The Balaban J connectivity index is 3.22. The van der Waals surface area contributed by atoms with Crippen LogP contribution in [0, 0.1) is 0 Å². The van der Waals surface area contributed by atoms with Crippen LogP contribution in [0.2, 0.25) is 0 Å². The molecule has 2 atom stereocenters. The quantitative estimate of drug-likeness (QED) is 0.619. The van der Waals surface area contributed by atoms with E-state index in [9.17, 15) is 5.11 Å². The highest BCUT2D eigenvalue weighted by Gasteiger charge is 2.04. The summed E-state index contributed by atoms with van der Waals surface area (Å²) < 4.78 is 0. The molecule has 0 fully saturated rings. The molecule has 0 saturated heterocycles. The van der Waals surface area contributed by atoms with Crippen LogP contribution in [-0.2, 0) is 0 Å². The van der Waals surface area contributed by atoms with Gasteiger partial charge in [0, 0.05) is 6.04 Å². The van der Waals surface area contributed by atoms with Crippen molar-refractivity contribution in [3.05, 3.63) is 0 Å². The predicted octanol–water partition coefficient (Wildman–Crippen LogP) is 1.66. The first-order chi connectivity index (χ1) is 5.20. The second kappa shape index (κ2) is 6.62. The third-order valence-corrected chi connectivity index (χ3v) is 2.00. The molecule has 0 rings (SSSR count). The number of aliphatic hydroxyl groups excluding tert-OH is 1. The average Bonchev–Trinajstić information content (AvgIpc) is 2.01. The lowest BCUT2D eigenvalue weighted by atomic mass is 10.0. The highest BCUT2D eigenvalue weighted by Crippen LogP contribution is 2.06. The Hall–Kier alpha value is -0.0800. The van der Waals surface area contributed by atoms with E-state index < -0.39 is 0 Å². The van der Waals surface area contributed by atoms with Crippen LogP contribution in [0.5, 0.6) is 0 Å². The van der Waals surface area contributed by atoms with E-state index in [0.29, 0.717) is 6.04 Å². The molecule has 0 amide bonds. The fraction of sp³-hybridized carbons (Fsp3) is 1.00. The molecule has 0 aromatic carbocycles. The van der Waals surface area contributed by atoms with Crippen LogP contribution in [-0.4, -0.2) is 17.3 Å². The molecule has 2 nitrogen and oxygen atoms in total. The third-order valence-electron chi connectivity index (χ3n) is 2.00. The molecule has 0 spiro atoms. The Morgan fingerprint density at radius 2 is 1.82 bits per heavy atom. The van der Waals surface area contributed by atoms with E-state index in [2.05, 4.69) is 6.92 Å². The zero-order valence-corrected chi connectivity index (χ0v) is 7.71. The van der Waals surface area contributed by atoms with Crippen LogP contribution in [0.25, 0.3) is 0 Å². The molecule has 0 aromatic heterocycles. The number of aliphatic hydroxyl groups is 1. The van der Waals surface area contributed by atoms with Gasteiger partial charge >= 0.3 is 0 Å². The molecule has 0 saturated carbocycles. The zero-order chi connectivity index (χ0) is 8.69. The van der Waals surface area contributed by atoms with Crippen LogP contribution in [0.3, 0.4) is 0 Å². The van der Waals surface area contributed by atoms with Crippen LogP contribution in [0.1, 0.15) is 46.0 Å². The van der Waals surface area contributed by atoms with E-state index >= 15 is 0 Å². The topological polar surface area (TPSA) is 46.2 Å². The normalized spacial score (nSPS) is 16.4. The summed E-state index contributed by atoms with van der Waals surface area (Å²) in [7, 11) is 0. The molecule has 0 aliphatic rings. The summed E-state index contributed by atoms with van der Waals surface area (Å²) in [6.45, 7) is 4.13. The van der Waals surface area contributed by atoms with Gasteiger partial charge in [0.05, 0.1) is 6.10 Å². The molecule has 11 heavy (non-hydrogen) atoms. The fourth-order valence-corrected chi connectivity index (χ4v) is 1.13. The predicted molar refractivity (Wildman–Crippen MR) is 48.4 cm³/mol. The monoisotopic (exact) mass is 159 g/mol. The SMILES string of the molecule is CCCC(N)CCC(O)CC. The van der Waals surface area contributed by atoms with Crippen molar-refractivity contribution in [3.8, 4) is 0 Å². The van der Waals surface area contributed by atoms with Gasteiger partial charge < -0.3 is 10.8 Å². The van der Waals surface area contributed by atoms with Gasteiger partial charge in [-0.2, -0.15) is 0 Å². The fourth-order valence-electron chi connectivity index (χ4n) is 1.13. The van der Waals surface area contributed by atoms with Gasteiger partial charge in [0.2, 0.25) is 0 Å². The van der Waals surface area contributed by atoms with Crippen molar-refractivity contribution in [2.24, 2.45) is 5.73 Å². The molecule has 0 aromatic rings. The Labute approximate surface area is 69.8 Å². The molecule has 0 heterocycles. The molecule has 0 aliphatic heterocycles. The first-order valence-corrected chi connectivity index (χ1v) is 4.64. The summed E-state index contributed by atoms with van der Waals surface area (Å²) in [5.74, 6) is 0. The van der Waals surface area contributed by atoms with Crippen molar-refractivity contribution in [3.63, 3.8) is 0 Å². The second-order valence-corrected chi connectivity index (χ2v) is 3.19. The van der Waals surface area contributed by atoms with Gasteiger partial charge in [0.25, 0.3) is 0 Å². The zero-order valence-electron chi connectivity index (χ0n) is 7.71. The first-order valence-electron chi connectivity index (χ1n) is 4.64. The van der Waals surface area contributed by atoms with Gasteiger partial charge in [-0.1, -0.05) is 20.3 Å². The minimum atomic E-state index is -0.141. The highest BCUT2D eigenvalue weighted by molar-refractivity contribution is 4.63. The van der Waals surface area contributed by atoms with E-state index in [4.69, 9.17) is 5.73 Å². The van der Waals surface area contributed by atoms with Gasteiger partial charge in [-0.05, 0) is 25.7 Å². The summed E-state index contributed by atoms with van der Waals surface area (Å²) in [6.07, 6.45) is 4.75. The van der Waals surface area contributed by atoms with Crippen molar-refractivity contribution in [2.45, 2.75) is 58.1 Å². The summed E-state index contributed by atoms with van der Waals surface area (Å²) >= 11 is 0. The maximum absolute atomic E-state index is 9.22. The third kappa shape index (κ3) is 6.32. The number of hydrogen-bond acceptors (Lipinski definition) is 2. The van der Waals surface area contributed by atoms with Crippen molar-refractivity contribution in [1.82, 2.24) is 0 Å².